The van der Waals surface area contributed by atoms with Crippen molar-refractivity contribution in [1.82, 2.24) is 20.1 Å². The van der Waals surface area contributed by atoms with Crippen molar-refractivity contribution < 1.29 is 27.1 Å². The number of amidine groups is 1. The highest BCUT2D eigenvalue weighted by molar-refractivity contribution is 8.15. The molecule has 0 spiro atoms. The van der Waals surface area contributed by atoms with Crippen molar-refractivity contribution in [3.05, 3.63) is 90.8 Å². The number of hydrogen-bond donors (Lipinski definition) is 1. The summed E-state index contributed by atoms with van der Waals surface area (Å²) < 4.78 is 57.3. The Morgan fingerprint density at radius 2 is 1.76 bits per heavy atom. The lowest BCUT2D eigenvalue weighted by Crippen LogP contribution is -2.31. The number of nitrogens with zero attached hydrogens (tertiary/aromatic N) is 5. The lowest BCUT2D eigenvalue weighted by atomic mass is 10.1. The normalized spacial score (nSPS) is 15.3. The van der Waals surface area contributed by atoms with Crippen molar-refractivity contribution in [2.24, 2.45) is 4.99 Å². The second-order valence-corrected chi connectivity index (χ2v) is 9.91. The standard InChI is InChI=1S/C27H20F4N6O2S2/c28-22(14-32-25(40)34-26-37(23(38)15-41-26)20-4-2-1-3-5-20)17-6-8-18(9-7-17)24-33-16-36(35-24)19-10-12-21(13-11-19)39-27(29,30)31/h1-13,16,22H,14-15H2,(H,32,40)/b34-26-. The Morgan fingerprint density at radius 1 is 1.05 bits per heavy atom. The average molecular weight is 601 g/mol. The van der Waals surface area contributed by atoms with Gasteiger partial charge in [0, 0.05) is 5.56 Å². The van der Waals surface area contributed by atoms with Crippen LogP contribution in [-0.2, 0) is 4.79 Å². The first-order valence-corrected chi connectivity index (χ1v) is 13.5. The minimum absolute atomic E-state index is 0.0649. The van der Waals surface area contributed by atoms with Crippen molar-refractivity contribution in [2.75, 3.05) is 17.2 Å². The van der Waals surface area contributed by atoms with Crippen LogP contribution in [0.2, 0.25) is 0 Å². The number of hydrogen-bond acceptors (Lipinski definition) is 6. The lowest BCUT2D eigenvalue weighted by molar-refractivity contribution is -0.274. The minimum Gasteiger partial charge on any atom is -0.406 e. The molecule has 210 valence electrons. The number of aromatic nitrogens is 3. The fourth-order valence-corrected chi connectivity index (χ4v) is 4.96. The van der Waals surface area contributed by atoms with E-state index in [1.54, 1.807) is 36.4 Å². The monoisotopic (exact) mass is 600 g/mol. The third-order valence-corrected chi connectivity index (χ3v) is 6.93. The zero-order valence-corrected chi connectivity index (χ0v) is 22.6. The number of halogens is 4. The van der Waals surface area contributed by atoms with E-state index < -0.39 is 12.5 Å². The number of aliphatic imine (C=N–C) groups is 1. The molecule has 2 heterocycles. The molecular weight excluding hydrogens is 580 g/mol. The van der Waals surface area contributed by atoms with Crippen LogP contribution in [0.5, 0.6) is 5.75 Å². The quantitative estimate of drug-likeness (QED) is 0.210. The van der Waals surface area contributed by atoms with Gasteiger partial charge in [0.1, 0.15) is 18.2 Å². The predicted octanol–water partition coefficient (Wildman–Crippen LogP) is 5.85. The number of rotatable bonds is 7. The molecule has 1 aromatic heterocycles. The van der Waals surface area contributed by atoms with Gasteiger partial charge in [-0.05, 0) is 54.2 Å². The minimum atomic E-state index is -4.77. The number of ether oxygens (including phenoxy) is 1. The van der Waals surface area contributed by atoms with Gasteiger partial charge in [-0.3, -0.25) is 9.69 Å². The Hall–Kier alpha value is -4.30. The number of anilines is 1. The summed E-state index contributed by atoms with van der Waals surface area (Å²) in [5.74, 6) is 0.135. The number of alkyl halides is 4. The molecule has 1 aliphatic rings. The van der Waals surface area contributed by atoms with E-state index in [1.165, 1.54) is 51.9 Å². The molecule has 0 saturated carbocycles. The van der Waals surface area contributed by atoms with E-state index in [0.29, 0.717) is 33.5 Å². The molecule has 1 fully saturated rings. The van der Waals surface area contributed by atoms with Crippen LogP contribution in [0.1, 0.15) is 11.7 Å². The van der Waals surface area contributed by atoms with Crippen LogP contribution in [-0.4, -0.2) is 49.6 Å². The van der Waals surface area contributed by atoms with E-state index in [0.717, 1.165) is 0 Å². The van der Waals surface area contributed by atoms with Gasteiger partial charge < -0.3 is 10.1 Å². The topological polar surface area (TPSA) is 84.6 Å². The molecule has 1 N–H and O–H groups in total. The summed E-state index contributed by atoms with van der Waals surface area (Å²) in [7, 11) is 0. The summed E-state index contributed by atoms with van der Waals surface area (Å²) in [6.07, 6.45) is -4.75. The fraction of sp³-hybridized carbons (Fsp3) is 0.148. The number of thioether (sulfide) groups is 1. The Balaban J connectivity index is 1.18. The van der Waals surface area contributed by atoms with Crippen LogP contribution in [0.25, 0.3) is 17.1 Å². The van der Waals surface area contributed by atoms with Gasteiger partial charge >= 0.3 is 6.36 Å². The summed E-state index contributed by atoms with van der Waals surface area (Å²) in [6.45, 7) is -0.125. The molecule has 41 heavy (non-hydrogen) atoms. The smallest absolute Gasteiger partial charge is 0.406 e. The van der Waals surface area contributed by atoms with Crippen LogP contribution < -0.4 is 15.0 Å². The number of thiocarbonyl (C=S) groups is 1. The number of carbonyl (C=O) groups is 1. The Morgan fingerprint density at radius 3 is 2.44 bits per heavy atom. The third-order valence-electron chi connectivity index (χ3n) is 5.77. The zero-order chi connectivity index (χ0) is 29.0. The maximum Gasteiger partial charge on any atom is 0.573 e. The maximum atomic E-state index is 15.0. The van der Waals surface area contributed by atoms with Crippen molar-refractivity contribution in [3.63, 3.8) is 0 Å². The third kappa shape index (κ3) is 7.08. The SMILES string of the molecule is O=C1CS/C(=N\C(=S)NCC(F)c2ccc(-c3ncn(-c4ccc(OC(F)(F)F)cc4)n3)cc2)N1c1ccccc1. The largest absolute Gasteiger partial charge is 0.573 e. The first-order chi connectivity index (χ1) is 19.7. The van der Waals surface area contributed by atoms with Crippen molar-refractivity contribution in [1.29, 1.82) is 0 Å². The molecular formula is C27H20F4N6O2S2. The summed E-state index contributed by atoms with van der Waals surface area (Å²) in [5, 5.41) is 7.63. The molecule has 3 aromatic carbocycles. The second kappa shape index (κ2) is 12.1. The second-order valence-electron chi connectivity index (χ2n) is 8.58. The molecule has 1 aliphatic heterocycles. The van der Waals surface area contributed by atoms with Gasteiger partial charge in [0.15, 0.2) is 16.1 Å². The lowest BCUT2D eigenvalue weighted by Gasteiger charge is -2.16. The average Bonchev–Trinajstić information content (AvgIpc) is 3.59. The molecule has 1 unspecified atom stereocenters. The molecule has 0 bridgehead atoms. The van der Waals surface area contributed by atoms with E-state index in [-0.39, 0.29) is 29.1 Å². The first-order valence-electron chi connectivity index (χ1n) is 12.1. The summed E-state index contributed by atoms with van der Waals surface area (Å²) >= 11 is 6.53. The Kier molecular flexibility index (Phi) is 8.31. The van der Waals surface area contributed by atoms with E-state index in [9.17, 15) is 22.4 Å². The predicted molar refractivity (Wildman–Crippen MR) is 152 cm³/mol. The molecule has 8 nitrogen and oxygen atoms in total. The van der Waals surface area contributed by atoms with Gasteiger partial charge in [-0.1, -0.05) is 54.2 Å². The highest BCUT2D eigenvalue weighted by Crippen LogP contribution is 2.27. The number of nitrogens with one attached hydrogen (secondary N) is 1. The van der Waals surface area contributed by atoms with E-state index >= 15 is 0 Å². The van der Waals surface area contributed by atoms with Gasteiger partial charge in [0.2, 0.25) is 5.91 Å². The van der Waals surface area contributed by atoms with Gasteiger partial charge in [-0.15, -0.1) is 18.3 Å². The van der Waals surface area contributed by atoms with Gasteiger partial charge in [-0.25, -0.2) is 14.1 Å². The van der Waals surface area contributed by atoms with Gasteiger partial charge in [0.05, 0.1) is 23.7 Å². The summed E-state index contributed by atoms with van der Waals surface area (Å²) in [4.78, 5) is 22.4. The Labute approximate surface area is 241 Å². The highest BCUT2D eigenvalue weighted by Gasteiger charge is 2.31. The molecule has 1 amide bonds. The number of carbonyl (C=O) groups excluding carboxylic acids is 1. The molecule has 14 heteroatoms. The molecule has 1 atom stereocenters. The summed E-state index contributed by atoms with van der Waals surface area (Å²) in [6, 6.07) is 20.8. The highest BCUT2D eigenvalue weighted by atomic mass is 32.2. The number of amides is 1. The molecule has 0 radical (unpaired) electrons. The van der Waals surface area contributed by atoms with Gasteiger partial charge in [-0.2, -0.15) is 4.99 Å². The van der Waals surface area contributed by atoms with Crippen LogP contribution in [0, 0.1) is 0 Å². The van der Waals surface area contributed by atoms with E-state index in [1.807, 2.05) is 18.2 Å². The van der Waals surface area contributed by atoms with Crippen molar-refractivity contribution >= 4 is 45.9 Å². The van der Waals surface area contributed by atoms with Crippen LogP contribution in [0.15, 0.2) is 90.2 Å². The summed E-state index contributed by atoms with van der Waals surface area (Å²) in [5.41, 5.74) is 2.18. The molecule has 0 aliphatic carbocycles. The van der Waals surface area contributed by atoms with E-state index in [2.05, 4.69) is 25.1 Å². The molecule has 5 rings (SSSR count). The maximum absolute atomic E-state index is 15.0. The van der Waals surface area contributed by atoms with Crippen molar-refractivity contribution in [2.45, 2.75) is 12.5 Å². The van der Waals surface area contributed by atoms with Crippen LogP contribution in [0.3, 0.4) is 0 Å². The number of benzene rings is 3. The van der Waals surface area contributed by atoms with E-state index in [4.69, 9.17) is 12.2 Å². The molecule has 1 saturated heterocycles. The zero-order valence-electron chi connectivity index (χ0n) is 21.0. The van der Waals surface area contributed by atoms with Crippen LogP contribution in [0.4, 0.5) is 23.2 Å². The molecule has 4 aromatic rings. The Bertz CT molecular complexity index is 1560. The van der Waals surface area contributed by atoms with Crippen molar-refractivity contribution in [3.8, 4) is 22.8 Å². The number of para-hydroxylation sites is 1. The fourth-order valence-electron chi connectivity index (χ4n) is 3.86. The first kappa shape index (κ1) is 28.2. The van der Waals surface area contributed by atoms with Gasteiger partial charge in [0.25, 0.3) is 0 Å². The van der Waals surface area contributed by atoms with Crippen LogP contribution >= 0.6 is 24.0 Å².